The molecule has 0 aromatic rings. The van der Waals surface area contributed by atoms with Crippen LogP contribution in [0.5, 0.6) is 0 Å². The van der Waals surface area contributed by atoms with Crippen LogP contribution < -0.4 is 0 Å². The molecule has 0 unspecified atom stereocenters. The normalized spacial score (nSPS) is 9.83. The Morgan fingerprint density at radius 1 is 1.33 bits per heavy atom. The predicted octanol–water partition coefficient (Wildman–Crippen LogP) is 2.00. The van der Waals surface area contributed by atoms with Crippen LogP contribution in [0.3, 0.4) is 0 Å². The maximum atomic E-state index is 7.17. The quantitative estimate of drug-likeness (QED) is 0.519. The second-order valence-electron chi connectivity index (χ2n) is 1.31. The van der Waals surface area contributed by atoms with E-state index in [2.05, 4.69) is 13.8 Å². The topological polar surface area (TPSA) is 23.9 Å². The average Bonchev–Trinajstić information content (AvgIpc) is 1.65. The lowest BCUT2D eigenvalue weighted by Crippen LogP contribution is -1.66. The van der Waals surface area contributed by atoms with Crippen molar-refractivity contribution in [2.75, 3.05) is 12.3 Å². The molecule has 0 atom stereocenters. The first-order valence-corrected chi connectivity index (χ1v) is 4.29. The summed E-state index contributed by atoms with van der Waals surface area (Å²) in [6.07, 6.45) is 2.20. The van der Waals surface area contributed by atoms with Gasteiger partial charge in [0.2, 0.25) is 0 Å². The number of rotatable bonds is 2. The monoisotopic (exact) mass is 105 g/mol. The van der Waals surface area contributed by atoms with Gasteiger partial charge in [0.25, 0.3) is 0 Å². The molecule has 0 aromatic heterocycles. The fourth-order valence-corrected chi connectivity index (χ4v) is 0.750. The Morgan fingerprint density at radius 2 is 1.67 bits per heavy atom. The van der Waals surface area contributed by atoms with Crippen molar-refractivity contribution in [1.29, 1.82) is 5.16 Å². The van der Waals surface area contributed by atoms with Gasteiger partial charge in [0.1, 0.15) is 0 Å². The van der Waals surface area contributed by atoms with E-state index in [1.54, 1.807) is 0 Å². The highest BCUT2D eigenvalue weighted by Crippen LogP contribution is 2.17. The highest BCUT2D eigenvalue weighted by atomic mass is 31.1. The smallest absolute Gasteiger partial charge is 0.0232 e. The van der Waals surface area contributed by atoms with Crippen LogP contribution in [-0.2, 0) is 0 Å². The van der Waals surface area contributed by atoms with E-state index in [4.69, 9.17) is 5.16 Å². The van der Waals surface area contributed by atoms with Gasteiger partial charge in [-0.05, 0) is 20.0 Å². The van der Waals surface area contributed by atoms with Crippen LogP contribution in [0.1, 0.15) is 13.8 Å². The Labute approximate surface area is 40.0 Å². The van der Waals surface area contributed by atoms with Gasteiger partial charge < -0.3 is 5.16 Å². The lowest BCUT2D eigenvalue weighted by atomic mass is 11.0. The summed E-state index contributed by atoms with van der Waals surface area (Å²) in [6.45, 7) is 4.18. The Bertz CT molecular complexity index is 45.5. The SMILES string of the molecule is CC[PH](=N)CC. The molecule has 0 saturated carbocycles. The fraction of sp³-hybridized carbons (Fsp3) is 1.00. The molecular formula is C4H12NP. The molecule has 1 nitrogen and oxygen atoms in total. The molecule has 1 N–H and O–H groups in total. The third-order valence-corrected chi connectivity index (χ3v) is 2.56. The van der Waals surface area contributed by atoms with Crippen LogP contribution in [0.15, 0.2) is 0 Å². The van der Waals surface area contributed by atoms with Crippen LogP contribution in [0, 0.1) is 5.16 Å². The van der Waals surface area contributed by atoms with Crippen LogP contribution in [-0.4, -0.2) is 12.3 Å². The summed E-state index contributed by atoms with van der Waals surface area (Å²) in [5.74, 6) is 0. The standard InChI is InChI=1S/C4H12NP/c1-3-6(5)4-2/h5-6H,3-4H2,1-2H3. The third-order valence-electron chi connectivity index (χ3n) is 0.854. The van der Waals surface area contributed by atoms with Gasteiger partial charge in [0.05, 0.1) is 0 Å². The molecule has 0 rings (SSSR count). The molecule has 38 valence electrons. The van der Waals surface area contributed by atoms with Gasteiger partial charge in [-0.25, -0.2) is 0 Å². The van der Waals surface area contributed by atoms with Crippen molar-refractivity contribution in [3.8, 4) is 0 Å². The predicted molar refractivity (Wildman–Crippen MR) is 32.1 cm³/mol. The van der Waals surface area contributed by atoms with Crippen molar-refractivity contribution in [2.24, 2.45) is 0 Å². The molecule has 0 amide bonds. The van der Waals surface area contributed by atoms with Gasteiger partial charge in [-0.15, -0.1) is 0 Å². The van der Waals surface area contributed by atoms with E-state index >= 15 is 0 Å². The van der Waals surface area contributed by atoms with Gasteiger partial charge in [0, 0.05) is 0 Å². The van der Waals surface area contributed by atoms with Crippen LogP contribution >= 0.6 is 7.71 Å². The summed E-state index contributed by atoms with van der Waals surface area (Å²) in [5.41, 5.74) is 0. The molecule has 0 aliphatic rings. The summed E-state index contributed by atoms with van der Waals surface area (Å²) in [7, 11) is -0.618. The van der Waals surface area contributed by atoms with E-state index in [0.29, 0.717) is 0 Å². The van der Waals surface area contributed by atoms with Gasteiger partial charge in [-0.1, -0.05) is 13.8 Å². The Kier molecular flexibility index (Phi) is 3.55. The summed E-state index contributed by atoms with van der Waals surface area (Å²) in [4.78, 5) is 0. The van der Waals surface area contributed by atoms with Crippen LogP contribution in [0.25, 0.3) is 0 Å². The lowest BCUT2D eigenvalue weighted by molar-refractivity contribution is 1.38. The summed E-state index contributed by atoms with van der Waals surface area (Å²) in [6, 6.07) is 0. The number of nitrogens with one attached hydrogen (secondary N) is 1. The number of hydrogen-bond donors (Lipinski definition) is 1. The minimum Gasteiger partial charge on any atom is -0.322 e. The minimum absolute atomic E-state index is 0.618. The van der Waals surface area contributed by atoms with Crippen molar-refractivity contribution in [1.82, 2.24) is 0 Å². The van der Waals surface area contributed by atoms with E-state index in [9.17, 15) is 0 Å². The van der Waals surface area contributed by atoms with Crippen molar-refractivity contribution < 1.29 is 0 Å². The maximum Gasteiger partial charge on any atom is -0.0232 e. The second-order valence-corrected chi connectivity index (χ2v) is 3.93. The first kappa shape index (κ1) is 6.23. The molecule has 0 aromatic carbocycles. The van der Waals surface area contributed by atoms with Crippen LogP contribution in [0.4, 0.5) is 0 Å². The highest BCUT2D eigenvalue weighted by molar-refractivity contribution is 7.45. The first-order valence-electron chi connectivity index (χ1n) is 2.37. The molecule has 0 saturated heterocycles. The Morgan fingerprint density at radius 3 is 1.67 bits per heavy atom. The molecule has 6 heavy (non-hydrogen) atoms. The van der Waals surface area contributed by atoms with Crippen molar-refractivity contribution in [3.63, 3.8) is 0 Å². The number of hydrogen-bond acceptors (Lipinski definition) is 1. The second kappa shape index (κ2) is 3.42. The molecule has 0 heterocycles. The molecule has 0 aliphatic heterocycles. The molecule has 0 spiro atoms. The molecule has 2 heteroatoms. The van der Waals surface area contributed by atoms with E-state index < -0.39 is 7.71 Å². The maximum absolute atomic E-state index is 7.17. The zero-order valence-corrected chi connectivity index (χ0v) is 5.41. The minimum atomic E-state index is -0.618. The molecular weight excluding hydrogens is 93.0 g/mol. The zero-order valence-electron chi connectivity index (χ0n) is 4.41. The fourth-order valence-electron chi connectivity index (χ4n) is 0.250. The zero-order chi connectivity index (χ0) is 4.99. The highest BCUT2D eigenvalue weighted by Gasteiger charge is 1.78. The average molecular weight is 105 g/mol. The largest absolute Gasteiger partial charge is 0.322 e. The van der Waals surface area contributed by atoms with E-state index in [1.807, 2.05) is 0 Å². The van der Waals surface area contributed by atoms with Crippen molar-refractivity contribution >= 4 is 7.71 Å². The van der Waals surface area contributed by atoms with Gasteiger partial charge in [0.15, 0.2) is 0 Å². The van der Waals surface area contributed by atoms with Gasteiger partial charge in [-0.3, -0.25) is 0 Å². The molecule has 0 aliphatic carbocycles. The molecule has 0 fully saturated rings. The molecule has 0 bridgehead atoms. The summed E-state index contributed by atoms with van der Waals surface area (Å²) < 4.78 is 0. The van der Waals surface area contributed by atoms with Crippen molar-refractivity contribution in [2.45, 2.75) is 13.8 Å². The van der Waals surface area contributed by atoms with Gasteiger partial charge in [-0.2, -0.15) is 0 Å². The Hall–Kier alpha value is 0.230. The van der Waals surface area contributed by atoms with E-state index in [-0.39, 0.29) is 0 Å². The Balaban J connectivity index is 2.99. The third kappa shape index (κ3) is 2.47. The van der Waals surface area contributed by atoms with Crippen LogP contribution in [0.2, 0.25) is 0 Å². The van der Waals surface area contributed by atoms with E-state index in [0.717, 1.165) is 12.3 Å². The van der Waals surface area contributed by atoms with Crippen molar-refractivity contribution in [3.05, 3.63) is 0 Å². The lowest BCUT2D eigenvalue weighted by Gasteiger charge is -1.88. The first-order chi connectivity index (χ1) is 2.81. The summed E-state index contributed by atoms with van der Waals surface area (Å²) >= 11 is 0. The van der Waals surface area contributed by atoms with E-state index in [1.165, 1.54) is 0 Å². The summed E-state index contributed by atoms with van der Waals surface area (Å²) in [5, 5.41) is 7.17. The molecule has 0 radical (unpaired) electrons. The van der Waals surface area contributed by atoms with Gasteiger partial charge >= 0.3 is 0 Å².